The standard InChI is InChI=1S/C17H32N2OS/c1-14(19-11-7-6-10-16(13-19)21-2)17(20)18-12-15-8-4-3-5-9-15/h14-16H,3-13H2,1-2H3,(H,18,20)/t14-,16-/m1/s1. The highest BCUT2D eigenvalue weighted by Crippen LogP contribution is 2.23. The van der Waals surface area contributed by atoms with Crippen LogP contribution >= 0.6 is 11.8 Å². The van der Waals surface area contributed by atoms with Crippen molar-refractivity contribution in [1.82, 2.24) is 10.2 Å². The molecule has 2 rings (SSSR count). The highest BCUT2D eigenvalue weighted by atomic mass is 32.2. The minimum Gasteiger partial charge on any atom is -0.354 e. The second-order valence-corrected chi connectivity index (χ2v) is 7.91. The molecule has 2 fully saturated rings. The molecule has 0 unspecified atom stereocenters. The molecule has 1 saturated heterocycles. The molecule has 1 aliphatic carbocycles. The summed E-state index contributed by atoms with van der Waals surface area (Å²) < 4.78 is 0. The monoisotopic (exact) mass is 312 g/mol. The molecule has 1 saturated carbocycles. The lowest BCUT2D eigenvalue weighted by Gasteiger charge is -2.30. The predicted octanol–water partition coefficient (Wildman–Crippen LogP) is 3.29. The lowest BCUT2D eigenvalue weighted by molar-refractivity contribution is -0.126. The van der Waals surface area contributed by atoms with Gasteiger partial charge < -0.3 is 5.32 Å². The fourth-order valence-corrected chi connectivity index (χ4v) is 4.37. The summed E-state index contributed by atoms with van der Waals surface area (Å²) in [4.78, 5) is 14.8. The van der Waals surface area contributed by atoms with Gasteiger partial charge >= 0.3 is 0 Å². The lowest BCUT2D eigenvalue weighted by atomic mass is 9.89. The van der Waals surface area contributed by atoms with Gasteiger partial charge in [0.25, 0.3) is 0 Å². The van der Waals surface area contributed by atoms with Gasteiger partial charge in [-0.15, -0.1) is 0 Å². The molecule has 0 aromatic carbocycles. The van der Waals surface area contributed by atoms with Crippen molar-refractivity contribution in [3.8, 4) is 0 Å². The smallest absolute Gasteiger partial charge is 0.237 e. The first kappa shape index (κ1) is 17.1. The molecule has 0 aromatic rings. The molecule has 1 N–H and O–H groups in total. The number of amides is 1. The number of likely N-dealkylation sites (tertiary alicyclic amines) is 1. The van der Waals surface area contributed by atoms with E-state index in [9.17, 15) is 4.79 Å². The van der Waals surface area contributed by atoms with E-state index in [1.807, 2.05) is 11.8 Å². The van der Waals surface area contributed by atoms with E-state index < -0.39 is 0 Å². The van der Waals surface area contributed by atoms with Gasteiger partial charge in [-0.3, -0.25) is 9.69 Å². The summed E-state index contributed by atoms with van der Waals surface area (Å²) in [5, 5.41) is 3.91. The minimum atomic E-state index is 0.0290. The summed E-state index contributed by atoms with van der Waals surface area (Å²) in [6, 6.07) is 0.0290. The van der Waals surface area contributed by atoms with Gasteiger partial charge in [-0.05, 0) is 51.3 Å². The van der Waals surface area contributed by atoms with Crippen LogP contribution in [0.25, 0.3) is 0 Å². The molecular weight excluding hydrogens is 280 g/mol. The van der Waals surface area contributed by atoms with Crippen molar-refractivity contribution in [3.63, 3.8) is 0 Å². The van der Waals surface area contributed by atoms with E-state index >= 15 is 0 Å². The van der Waals surface area contributed by atoms with Crippen molar-refractivity contribution in [2.45, 2.75) is 69.6 Å². The van der Waals surface area contributed by atoms with Crippen LogP contribution < -0.4 is 5.32 Å². The molecule has 0 radical (unpaired) electrons. The van der Waals surface area contributed by atoms with Gasteiger partial charge in [0.2, 0.25) is 5.91 Å². The van der Waals surface area contributed by atoms with E-state index in [0.717, 1.165) is 25.6 Å². The molecule has 0 aromatic heterocycles. The Morgan fingerprint density at radius 1 is 1.19 bits per heavy atom. The Bertz CT molecular complexity index is 318. The molecule has 122 valence electrons. The van der Waals surface area contributed by atoms with Gasteiger partial charge in [0.1, 0.15) is 0 Å². The van der Waals surface area contributed by atoms with Crippen LogP contribution in [0.3, 0.4) is 0 Å². The molecule has 2 atom stereocenters. The first-order chi connectivity index (χ1) is 10.2. The maximum absolute atomic E-state index is 12.4. The number of thioether (sulfide) groups is 1. The topological polar surface area (TPSA) is 32.3 Å². The molecular formula is C17H32N2OS. The summed E-state index contributed by atoms with van der Waals surface area (Å²) in [6.07, 6.45) is 12.7. The average Bonchev–Trinajstić information content (AvgIpc) is 2.78. The van der Waals surface area contributed by atoms with Crippen LogP contribution in [0.15, 0.2) is 0 Å². The fraction of sp³-hybridized carbons (Fsp3) is 0.941. The summed E-state index contributed by atoms with van der Waals surface area (Å²) in [7, 11) is 0. The Morgan fingerprint density at radius 2 is 1.90 bits per heavy atom. The fourth-order valence-electron chi connectivity index (χ4n) is 3.62. The molecule has 21 heavy (non-hydrogen) atoms. The minimum absolute atomic E-state index is 0.0290. The molecule has 0 spiro atoms. The van der Waals surface area contributed by atoms with Crippen LogP contribution in [-0.4, -0.2) is 48.0 Å². The van der Waals surface area contributed by atoms with Crippen LogP contribution in [0.5, 0.6) is 0 Å². The van der Waals surface area contributed by atoms with Gasteiger partial charge in [0.05, 0.1) is 6.04 Å². The number of nitrogens with zero attached hydrogens (tertiary/aromatic N) is 1. The Morgan fingerprint density at radius 3 is 2.62 bits per heavy atom. The highest BCUT2D eigenvalue weighted by Gasteiger charge is 2.26. The summed E-state index contributed by atoms with van der Waals surface area (Å²) in [5.41, 5.74) is 0. The molecule has 2 aliphatic rings. The van der Waals surface area contributed by atoms with Gasteiger partial charge in [0, 0.05) is 18.3 Å². The van der Waals surface area contributed by atoms with Crippen molar-refractivity contribution in [3.05, 3.63) is 0 Å². The predicted molar refractivity (Wildman–Crippen MR) is 91.8 cm³/mol. The number of hydrogen-bond donors (Lipinski definition) is 1. The largest absolute Gasteiger partial charge is 0.354 e. The third-order valence-electron chi connectivity index (χ3n) is 5.21. The zero-order valence-electron chi connectivity index (χ0n) is 13.8. The first-order valence-corrected chi connectivity index (χ1v) is 10.0. The number of hydrogen-bond acceptors (Lipinski definition) is 3. The van der Waals surface area contributed by atoms with Crippen LogP contribution in [-0.2, 0) is 4.79 Å². The molecule has 3 nitrogen and oxygen atoms in total. The average molecular weight is 313 g/mol. The van der Waals surface area contributed by atoms with Gasteiger partial charge in [0.15, 0.2) is 0 Å². The lowest BCUT2D eigenvalue weighted by Crippen LogP contribution is -2.48. The highest BCUT2D eigenvalue weighted by molar-refractivity contribution is 7.99. The van der Waals surface area contributed by atoms with Crippen molar-refractivity contribution in [2.75, 3.05) is 25.9 Å². The maximum Gasteiger partial charge on any atom is 0.237 e. The van der Waals surface area contributed by atoms with Gasteiger partial charge in [-0.25, -0.2) is 0 Å². The first-order valence-electron chi connectivity index (χ1n) is 8.75. The van der Waals surface area contributed by atoms with Crippen molar-refractivity contribution >= 4 is 17.7 Å². The van der Waals surface area contributed by atoms with Crippen molar-refractivity contribution in [1.29, 1.82) is 0 Å². The second-order valence-electron chi connectivity index (χ2n) is 6.77. The van der Waals surface area contributed by atoms with E-state index in [0.29, 0.717) is 5.25 Å². The number of carbonyl (C=O) groups is 1. The number of carbonyl (C=O) groups excluding carboxylic acids is 1. The van der Waals surface area contributed by atoms with E-state index in [4.69, 9.17) is 0 Å². The number of nitrogens with one attached hydrogen (secondary N) is 1. The molecule has 1 heterocycles. The van der Waals surface area contributed by atoms with Gasteiger partial charge in [-0.1, -0.05) is 25.7 Å². The van der Waals surface area contributed by atoms with Crippen molar-refractivity contribution in [2.24, 2.45) is 5.92 Å². The zero-order valence-corrected chi connectivity index (χ0v) is 14.6. The third kappa shape index (κ3) is 5.48. The SMILES string of the molecule is CS[C@@H]1CCCCN([C@H](C)C(=O)NCC2CCCCC2)C1. The Balaban J connectivity index is 1.77. The summed E-state index contributed by atoms with van der Waals surface area (Å²) in [6.45, 7) is 5.12. The summed E-state index contributed by atoms with van der Waals surface area (Å²) >= 11 is 1.95. The van der Waals surface area contributed by atoms with E-state index in [2.05, 4.69) is 23.4 Å². The van der Waals surface area contributed by atoms with Crippen LogP contribution in [0.1, 0.15) is 58.3 Å². The van der Waals surface area contributed by atoms with E-state index in [1.165, 1.54) is 51.4 Å². The number of rotatable bonds is 5. The second kappa shape index (κ2) is 9.04. The Kier molecular flexibility index (Phi) is 7.38. The molecule has 4 heteroatoms. The van der Waals surface area contributed by atoms with Crippen LogP contribution in [0, 0.1) is 5.92 Å². The molecule has 1 aliphatic heterocycles. The van der Waals surface area contributed by atoms with E-state index in [1.54, 1.807) is 0 Å². The normalized spacial score (nSPS) is 27.0. The van der Waals surface area contributed by atoms with Crippen molar-refractivity contribution < 1.29 is 4.79 Å². The van der Waals surface area contributed by atoms with Crippen LogP contribution in [0.2, 0.25) is 0 Å². The van der Waals surface area contributed by atoms with Crippen LogP contribution in [0.4, 0.5) is 0 Å². The Labute approximate surface area is 134 Å². The quantitative estimate of drug-likeness (QED) is 0.845. The molecule has 0 bridgehead atoms. The maximum atomic E-state index is 12.4. The Hall–Kier alpha value is -0.220. The summed E-state index contributed by atoms with van der Waals surface area (Å²) in [5.74, 6) is 0.959. The van der Waals surface area contributed by atoms with Gasteiger partial charge in [-0.2, -0.15) is 11.8 Å². The van der Waals surface area contributed by atoms with E-state index in [-0.39, 0.29) is 11.9 Å². The third-order valence-corrected chi connectivity index (χ3v) is 6.26. The molecule has 1 amide bonds. The zero-order chi connectivity index (χ0) is 15.1.